The second kappa shape index (κ2) is 4.28. The Morgan fingerprint density at radius 2 is 2.40 bits per heavy atom. The highest BCUT2D eigenvalue weighted by atomic mass is 79.9. The minimum Gasteiger partial charge on any atom is -0.351 e. The quantitative estimate of drug-likeness (QED) is 0.864. The molecular weight excluding hydrogens is 277 g/mol. The Morgan fingerprint density at radius 1 is 1.67 bits per heavy atom. The molecule has 1 aliphatic rings. The largest absolute Gasteiger partial charge is 0.351 e. The van der Waals surface area contributed by atoms with Gasteiger partial charge in [-0.25, -0.2) is 4.98 Å². The van der Waals surface area contributed by atoms with Crippen molar-refractivity contribution in [3.05, 3.63) is 21.8 Å². The number of nitrogens with two attached hydrogens (primary N) is 1. The standard InChI is InChI=1S/C10H13BrClN3/c1-6-9(13)2-3-15(6)10-8(12)4-7(11)5-14-10/h4-6,9H,2-3,13H2,1H3. The average Bonchev–Trinajstić information content (AvgIpc) is 2.49. The lowest BCUT2D eigenvalue weighted by Crippen LogP contribution is -2.37. The SMILES string of the molecule is CC1C(N)CCN1c1ncc(Br)cc1Cl. The molecule has 1 aliphatic heterocycles. The van der Waals surface area contributed by atoms with Gasteiger partial charge >= 0.3 is 0 Å². The van der Waals surface area contributed by atoms with E-state index in [2.05, 4.69) is 32.7 Å². The van der Waals surface area contributed by atoms with E-state index in [9.17, 15) is 0 Å². The third-order valence-electron chi connectivity index (χ3n) is 2.88. The molecule has 1 aromatic rings. The van der Waals surface area contributed by atoms with Crippen molar-refractivity contribution in [1.29, 1.82) is 0 Å². The van der Waals surface area contributed by atoms with Crippen LogP contribution in [0.1, 0.15) is 13.3 Å². The molecule has 0 bridgehead atoms. The first-order valence-corrected chi connectivity index (χ1v) is 6.10. The molecular formula is C10H13BrClN3. The van der Waals surface area contributed by atoms with Gasteiger partial charge in [-0.15, -0.1) is 0 Å². The molecule has 0 aliphatic carbocycles. The van der Waals surface area contributed by atoms with Gasteiger partial charge in [-0.05, 0) is 35.3 Å². The number of hydrogen-bond donors (Lipinski definition) is 1. The molecule has 0 saturated carbocycles. The van der Waals surface area contributed by atoms with E-state index in [4.69, 9.17) is 17.3 Å². The first-order valence-electron chi connectivity index (χ1n) is 4.93. The van der Waals surface area contributed by atoms with Crippen LogP contribution >= 0.6 is 27.5 Å². The number of rotatable bonds is 1. The first-order chi connectivity index (χ1) is 7.09. The molecule has 82 valence electrons. The van der Waals surface area contributed by atoms with Gasteiger partial charge in [0, 0.05) is 29.3 Å². The summed E-state index contributed by atoms with van der Waals surface area (Å²) in [5.74, 6) is 0.834. The Bertz CT molecular complexity index is 372. The number of nitrogens with zero attached hydrogens (tertiary/aromatic N) is 2. The van der Waals surface area contributed by atoms with Gasteiger partial charge in [0.05, 0.1) is 5.02 Å². The summed E-state index contributed by atoms with van der Waals surface area (Å²) in [6.07, 6.45) is 2.76. The summed E-state index contributed by atoms with van der Waals surface area (Å²) in [5, 5.41) is 0.672. The van der Waals surface area contributed by atoms with Gasteiger partial charge in [-0.1, -0.05) is 11.6 Å². The molecule has 0 aromatic carbocycles. The Morgan fingerprint density at radius 3 is 2.93 bits per heavy atom. The van der Waals surface area contributed by atoms with Crippen LogP contribution in [-0.2, 0) is 0 Å². The van der Waals surface area contributed by atoms with E-state index < -0.39 is 0 Å². The predicted octanol–water partition coefficient (Wildman–Crippen LogP) is 2.42. The summed E-state index contributed by atoms with van der Waals surface area (Å²) in [4.78, 5) is 6.50. The molecule has 2 atom stereocenters. The molecule has 0 amide bonds. The molecule has 2 rings (SSSR count). The number of aromatic nitrogens is 1. The van der Waals surface area contributed by atoms with Crippen molar-refractivity contribution in [2.24, 2.45) is 5.73 Å². The number of anilines is 1. The molecule has 15 heavy (non-hydrogen) atoms. The summed E-state index contributed by atoms with van der Waals surface area (Å²) >= 11 is 9.49. The Balaban J connectivity index is 2.30. The zero-order chi connectivity index (χ0) is 11.0. The predicted molar refractivity (Wildman–Crippen MR) is 66.3 cm³/mol. The first kappa shape index (κ1) is 11.2. The van der Waals surface area contributed by atoms with Crippen molar-refractivity contribution < 1.29 is 0 Å². The summed E-state index contributed by atoms with van der Waals surface area (Å²) < 4.78 is 0.896. The van der Waals surface area contributed by atoms with Crippen LogP contribution in [0.15, 0.2) is 16.7 Å². The van der Waals surface area contributed by atoms with Crippen LogP contribution < -0.4 is 10.6 Å². The number of pyridine rings is 1. The molecule has 2 heterocycles. The van der Waals surface area contributed by atoms with Crippen LogP contribution in [-0.4, -0.2) is 23.6 Å². The number of hydrogen-bond acceptors (Lipinski definition) is 3. The van der Waals surface area contributed by atoms with Crippen LogP contribution in [0.2, 0.25) is 5.02 Å². The van der Waals surface area contributed by atoms with Gasteiger partial charge in [0.2, 0.25) is 0 Å². The summed E-state index contributed by atoms with van der Waals surface area (Å²) in [7, 11) is 0. The minimum atomic E-state index is 0.214. The third-order valence-corrected chi connectivity index (χ3v) is 3.59. The van der Waals surface area contributed by atoms with Crippen LogP contribution in [0.5, 0.6) is 0 Å². The van der Waals surface area contributed by atoms with E-state index in [0.29, 0.717) is 11.1 Å². The second-order valence-corrected chi connectivity index (χ2v) is 5.17. The van der Waals surface area contributed by atoms with E-state index in [1.165, 1.54) is 0 Å². The highest BCUT2D eigenvalue weighted by Crippen LogP contribution is 2.30. The number of halogens is 2. The Kier molecular flexibility index (Phi) is 3.19. The van der Waals surface area contributed by atoms with Crippen molar-refractivity contribution in [1.82, 2.24) is 4.98 Å². The van der Waals surface area contributed by atoms with Gasteiger partial charge in [0.1, 0.15) is 5.82 Å². The lowest BCUT2D eigenvalue weighted by atomic mass is 10.2. The van der Waals surface area contributed by atoms with Gasteiger partial charge in [-0.2, -0.15) is 0 Å². The lowest BCUT2D eigenvalue weighted by Gasteiger charge is -2.25. The third kappa shape index (κ3) is 2.12. The molecule has 5 heteroatoms. The van der Waals surface area contributed by atoms with Gasteiger partial charge in [-0.3, -0.25) is 0 Å². The zero-order valence-corrected chi connectivity index (χ0v) is 10.8. The average molecular weight is 291 g/mol. The summed E-state index contributed by atoms with van der Waals surface area (Å²) in [5.41, 5.74) is 5.96. The highest BCUT2D eigenvalue weighted by Gasteiger charge is 2.29. The molecule has 2 N–H and O–H groups in total. The van der Waals surface area contributed by atoms with Crippen molar-refractivity contribution in [3.8, 4) is 0 Å². The Labute approximate surface area is 103 Å². The van der Waals surface area contributed by atoms with E-state index in [1.807, 2.05) is 6.07 Å². The summed E-state index contributed by atoms with van der Waals surface area (Å²) in [6.45, 7) is 3.04. The molecule has 0 spiro atoms. The van der Waals surface area contributed by atoms with Crippen LogP contribution in [0, 0.1) is 0 Å². The van der Waals surface area contributed by atoms with E-state index in [1.54, 1.807) is 6.20 Å². The van der Waals surface area contributed by atoms with Crippen molar-refractivity contribution in [2.75, 3.05) is 11.4 Å². The molecule has 2 unspecified atom stereocenters. The fourth-order valence-electron chi connectivity index (χ4n) is 1.88. The van der Waals surface area contributed by atoms with E-state index in [-0.39, 0.29) is 6.04 Å². The fourth-order valence-corrected chi connectivity index (χ4v) is 2.62. The second-order valence-electron chi connectivity index (χ2n) is 3.85. The zero-order valence-electron chi connectivity index (χ0n) is 8.45. The fraction of sp³-hybridized carbons (Fsp3) is 0.500. The van der Waals surface area contributed by atoms with E-state index >= 15 is 0 Å². The van der Waals surface area contributed by atoms with Crippen molar-refractivity contribution >= 4 is 33.3 Å². The monoisotopic (exact) mass is 289 g/mol. The van der Waals surface area contributed by atoms with Crippen molar-refractivity contribution in [2.45, 2.75) is 25.4 Å². The Hall–Kier alpha value is -0.320. The van der Waals surface area contributed by atoms with Gasteiger partial charge in [0.15, 0.2) is 0 Å². The van der Waals surface area contributed by atoms with Crippen molar-refractivity contribution in [3.63, 3.8) is 0 Å². The molecule has 1 aromatic heterocycles. The molecule has 0 radical (unpaired) electrons. The van der Waals surface area contributed by atoms with Crippen LogP contribution in [0.3, 0.4) is 0 Å². The maximum absolute atomic E-state index is 6.15. The topological polar surface area (TPSA) is 42.1 Å². The highest BCUT2D eigenvalue weighted by molar-refractivity contribution is 9.10. The van der Waals surface area contributed by atoms with Crippen LogP contribution in [0.25, 0.3) is 0 Å². The maximum Gasteiger partial charge on any atom is 0.147 e. The molecule has 3 nitrogen and oxygen atoms in total. The van der Waals surface area contributed by atoms with Crippen LogP contribution in [0.4, 0.5) is 5.82 Å². The van der Waals surface area contributed by atoms with E-state index in [0.717, 1.165) is 23.3 Å². The lowest BCUT2D eigenvalue weighted by molar-refractivity contribution is 0.621. The van der Waals surface area contributed by atoms with Gasteiger partial charge < -0.3 is 10.6 Å². The normalized spacial score (nSPS) is 26.0. The minimum absolute atomic E-state index is 0.214. The molecule has 1 fully saturated rings. The smallest absolute Gasteiger partial charge is 0.147 e. The van der Waals surface area contributed by atoms with Gasteiger partial charge in [0.25, 0.3) is 0 Å². The maximum atomic E-state index is 6.15. The summed E-state index contributed by atoms with van der Waals surface area (Å²) in [6, 6.07) is 2.38. The molecule has 1 saturated heterocycles.